The van der Waals surface area contributed by atoms with Gasteiger partial charge in [-0.25, -0.2) is 4.98 Å². The molecule has 0 amide bonds. The van der Waals surface area contributed by atoms with E-state index in [0.29, 0.717) is 34.0 Å². The van der Waals surface area contributed by atoms with Gasteiger partial charge in [0.1, 0.15) is 5.01 Å². The standard InChI is InChI=1S/C15H15Cl2F3N4S.HI/c1-21-14(22-3-2-9-4-10(16)6-11(17)5-9)23-7-13-24-12(8-25-13)15(18,19)20;/h4-6,8H,2-3,7H2,1H3,(H2,21,22,23);1H. The van der Waals surface area contributed by atoms with Gasteiger partial charge < -0.3 is 10.6 Å². The molecule has 0 unspecified atom stereocenters. The van der Waals surface area contributed by atoms with Gasteiger partial charge in [-0.05, 0) is 30.2 Å². The van der Waals surface area contributed by atoms with Crippen LogP contribution >= 0.6 is 58.5 Å². The fourth-order valence-corrected chi connectivity index (χ4v) is 3.29. The highest BCUT2D eigenvalue weighted by Gasteiger charge is 2.33. The molecule has 2 N–H and O–H groups in total. The molecule has 0 fully saturated rings. The maximum absolute atomic E-state index is 12.5. The normalized spacial score (nSPS) is 11.8. The van der Waals surface area contributed by atoms with Gasteiger partial charge in [0.15, 0.2) is 11.7 Å². The van der Waals surface area contributed by atoms with E-state index in [-0.39, 0.29) is 30.5 Å². The molecule has 2 rings (SSSR count). The molecule has 2 aromatic rings. The van der Waals surface area contributed by atoms with Gasteiger partial charge in [-0.1, -0.05) is 23.2 Å². The average molecular weight is 539 g/mol. The van der Waals surface area contributed by atoms with Crippen molar-refractivity contribution in [2.24, 2.45) is 4.99 Å². The number of thiazole rings is 1. The largest absolute Gasteiger partial charge is 0.434 e. The van der Waals surface area contributed by atoms with Crippen LogP contribution in [0.3, 0.4) is 0 Å². The van der Waals surface area contributed by atoms with Crippen LogP contribution < -0.4 is 10.6 Å². The van der Waals surface area contributed by atoms with Crippen LogP contribution in [0.15, 0.2) is 28.6 Å². The number of halogens is 6. The van der Waals surface area contributed by atoms with Crippen LogP contribution in [0.1, 0.15) is 16.3 Å². The first-order valence-corrected chi connectivity index (χ1v) is 8.82. The lowest BCUT2D eigenvalue weighted by molar-refractivity contribution is -0.140. The van der Waals surface area contributed by atoms with Crippen molar-refractivity contribution in [1.29, 1.82) is 0 Å². The SMILES string of the molecule is CN=C(NCCc1cc(Cl)cc(Cl)c1)NCc1nc(C(F)(F)F)cs1.I. The molecule has 0 saturated heterocycles. The fourth-order valence-electron chi connectivity index (χ4n) is 1.98. The van der Waals surface area contributed by atoms with Gasteiger partial charge in [0, 0.05) is 29.0 Å². The number of hydrogen-bond donors (Lipinski definition) is 2. The van der Waals surface area contributed by atoms with Gasteiger partial charge in [0.2, 0.25) is 0 Å². The summed E-state index contributed by atoms with van der Waals surface area (Å²) in [7, 11) is 1.58. The van der Waals surface area contributed by atoms with Crippen LogP contribution in [0.2, 0.25) is 10.0 Å². The summed E-state index contributed by atoms with van der Waals surface area (Å²) in [6, 6.07) is 5.29. The van der Waals surface area contributed by atoms with Gasteiger partial charge in [-0.3, -0.25) is 4.99 Å². The van der Waals surface area contributed by atoms with Crippen molar-refractivity contribution in [3.8, 4) is 0 Å². The Bertz CT molecular complexity index is 732. The van der Waals surface area contributed by atoms with Crippen molar-refractivity contribution in [3.05, 3.63) is 49.9 Å². The van der Waals surface area contributed by atoms with Crippen molar-refractivity contribution in [3.63, 3.8) is 0 Å². The Kier molecular flexibility index (Phi) is 9.42. The van der Waals surface area contributed by atoms with Gasteiger partial charge in [0.05, 0.1) is 6.54 Å². The Morgan fingerprint density at radius 1 is 1.19 bits per heavy atom. The molecule has 26 heavy (non-hydrogen) atoms. The molecule has 1 heterocycles. The summed E-state index contributed by atoms with van der Waals surface area (Å²) in [5, 5.41) is 8.45. The minimum absolute atomic E-state index is 0. The number of benzene rings is 1. The van der Waals surface area contributed by atoms with E-state index in [1.165, 1.54) is 0 Å². The molecular weight excluding hydrogens is 523 g/mol. The van der Waals surface area contributed by atoms with Crippen LogP contribution in [0.4, 0.5) is 13.2 Å². The van der Waals surface area contributed by atoms with Crippen molar-refractivity contribution in [1.82, 2.24) is 15.6 Å². The van der Waals surface area contributed by atoms with Gasteiger partial charge in [-0.2, -0.15) is 13.2 Å². The van der Waals surface area contributed by atoms with E-state index in [1.807, 2.05) is 12.1 Å². The summed E-state index contributed by atoms with van der Waals surface area (Å²) in [5.41, 5.74) is 0.0882. The molecule has 0 spiro atoms. The summed E-state index contributed by atoms with van der Waals surface area (Å²) in [5.74, 6) is 0.469. The molecule has 0 aliphatic heterocycles. The molecule has 144 valence electrons. The number of rotatable bonds is 5. The number of nitrogens with zero attached hydrogens (tertiary/aromatic N) is 2. The van der Waals surface area contributed by atoms with E-state index in [1.54, 1.807) is 13.1 Å². The molecule has 0 bridgehead atoms. The summed E-state index contributed by atoms with van der Waals surface area (Å²) in [6.45, 7) is 0.714. The molecular formula is C15H16Cl2F3IN4S. The smallest absolute Gasteiger partial charge is 0.356 e. The lowest BCUT2D eigenvalue weighted by atomic mass is 10.1. The third-order valence-electron chi connectivity index (χ3n) is 3.10. The van der Waals surface area contributed by atoms with E-state index in [9.17, 15) is 13.2 Å². The number of aliphatic imine (C=N–C) groups is 1. The predicted octanol–water partition coefficient (Wildman–Crippen LogP) is 4.99. The molecule has 0 radical (unpaired) electrons. The minimum Gasteiger partial charge on any atom is -0.356 e. The van der Waals surface area contributed by atoms with Crippen LogP contribution in [-0.2, 0) is 19.1 Å². The molecule has 1 aromatic heterocycles. The van der Waals surface area contributed by atoms with Crippen molar-refractivity contribution in [2.75, 3.05) is 13.6 Å². The lowest BCUT2D eigenvalue weighted by Gasteiger charge is -2.11. The average Bonchev–Trinajstić information content (AvgIpc) is 2.99. The predicted molar refractivity (Wildman–Crippen MR) is 111 cm³/mol. The molecule has 4 nitrogen and oxygen atoms in total. The maximum Gasteiger partial charge on any atom is 0.434 e. The highest BCUT2D eigenvalue weighted by molar-refractivity contribution is 14.0. The zero-order chi connectivity index (χ0) is 18.4. The Balaban J connectivity index is 0.00000338. The van der Waals surface area contributed by atoms with E-state index in [4.69, 9.17) is 23.2 Å². The Hall–Kier alpha value is -0.780. The Morgan fingerprint density at radius 2 is 1.85 bits per heavy atom. The molecule has 0 saturated carbocycles. The highest BCUT2D eigenvalue weighted by Crippen LogP contribution is 2.29. The first kappa shape index (κ1) is 23.3. The van der Waals surface area contributed by atoms with Crippen molar-refractivity contribution < 1.29 is 13.2 Å². The fraction of sp³-hybridized carbons (Fsp3) is 0.333. The van der Waals surface area contributed by atoms with Gasteiger partial charge in [-0.15, -0.1) is 35.3 Å². The van der Waals surface area contributed by atoms with Crippen LogP contribution in [0, 0.1) is 0 Å². The quantitative estimate of drug-likeness (QED) is 0.320. The summed E-state index contributed by atoms with van der Waals surface area (Å²) < 4.78 is 37.6. The molecule has 1 aromatic carbocycles. The minimum atomic E-state index is -4.42. The molecule has 11 heteroatoms. The first-order valence-electron chi connectivity index (χ1n) is 7.19. The van der Waals surface area contributed by atoms with E-state index in [2.05, 4.69) is 20.6 Å². The topological polar surface area (TPSA) is 49.3 Å². The molecule has 0 aliphatic carbocycles. The van der Waals surface area contributed by atoms with Crippen LogP contribution in [-0.4, -0.2) is 24.5 Å². The second kappa shape index (κ2) is 10.5. The van der Waals surface area contributed by atoms with E-state index < -0.39 is 11.9 Å². The second-order valence-electron chi connectivity index (χ2n) is 5.00. The number of hydrogen-bond acceptors (Lipinski definition) is 3. The summed E-state index contributed by atoms with van der Waals surface area (Å²) in [4.78, 5) is 7.58. The lowest BCUT2D eigenvalue weighted by Crippen LogP contribution is -2.37. The number of nitrogens with one attached hydrogen (secondary N) is 2. The van der Waals surface area contributed by atoms with Crippen LogP contribution in [0.5, 0.6) is 0 Å². The summed E-state index contributed by atoms with van der Waals surface area (Å²) >= 11 is 12.8. The van der Waals surface area contributed by atoms with Crippen molar-refractivity contribution in [2.45, 2.75) is 19.1 Å². The first-order chi connectivity index (χ1) is 11.8. The zero-order valence-electron chi connectivity index (χ0n) is 13.5. The Morgan fingerprint density at radius 3 is 2.38 bits per heavy atom. The van der Waals surface area contributed by atoms with E-state index >= 15 is 0 Å². The number of guanidine groups is 1. The van der Waals surface area contributed by atoms with Crippen LogP contribution in [0.25, 0.3) is 0 Å². The van der Waals surface area contributed by atoms with Gasteiger partial charge >= 0.3 is 6.18 Å². The highest BCUT2D eigenvalue weighted by atomic mass is 127. The summed E-state index contributed by atoms with van der Waals surface area (Å²) in [6.07, 6.45) is -3.76. The molecule has 0 aliphatic rings. The zero-order valence-corrected chi connectivity index (χ0v) is 18.2. The Labute approximate surface area is 180 Å². The third kappa shape index (κ3) is 7.45. The second-order valence-corrected chi connectivity index (χ2v) is 6.82. The van der Waals surface area contributed by atoms with Gasteiger partial charge in [0.25, 0.3) is 0 Å². The van der Waals surface area contributed by atoms with E-state index in [0.717, 1.165) is 22.3 Å². The maximum atomic E-state index is 12.5. The molecule has 0 atom stereocenters. The monoisotopic (exact) mass is 538 g/mol. The third-order valence-corrected chi connectivity index (χ3v) is 4.39. The number of aromatic nitrogens is 1. The van der Waals surface area contributed by atoms with Crippen molar-refractivity contribution >= 4 is 64.5 Å². The number of alkyl halides is 3.